The number of carbonyl (C=O) groups excluding carboxylic acids is 1. The number of hydrogen-bond acceptors (Lipinski definition) is 4. The van der Waals surface area contributed by atoms with Crippen molar-refractivity contribution in [3.8, 4) is 0 Å². The molecule has 18 heavy (non-hydrogen) atoms. The third-order valence-electron chi connectivity index (χ3n) is 3.48. The minimum Gasteiger partial charge on any atom is -0.465 e. The quantitative estimate of drug-likeness (QED) is 0.733. The Labute approximate surface area is 110 Å². The first-order chi connectivity index (χ1) is 8.72. The van der Waals surface area contributed by atoms with Gasteiger partial charge in [-0.25, -0.2) is 9.79 Å². The van der Waals surface area contributed by atoms with E-state index in [4.69, 9.17) is 16.3 Å². The molecule has 1 aromatic carbocycles. The van der Waals surface area contributed by atoms with Gasteiger partial charge in [0.15, 0.2) is 0 Å². The number of benzene rings is 1. The molecule has 2 aliphatic rings. The maximum Gasteiger partial charge on any atom is 0.340 e. The molecule has 0 radical (unpaired) electrons. The summed E-state index contributed by atoms with van der Waals surface area (Å²) in [5, 5.41) is 0.566. The third-order valence-corrected chi connectivity index (χ3v) is 3.81. The van der Waals surface area contributed by atoms with Gasteiger partial charge < -0.3 is 9.64 Å². The van der Waals surface area contributed by atoms with Crippen LogP contribution in [-0.4, -0.2) is 30.8 Å². The predicted octanol–water partition coefficient (Wildman–Crippen LogP) is 2.72. The van der Waals surface area contributed by atoms with Crippen molar-refractivity contribution in [3.63, 3.8) is 0 Å². The molecule has 5 heteroatoms. The van der Waals surface area contributed by atoms with Gasteiger partial charge in [-0.15, -0.1) is 0 Å². The van der Waals surface area contributed by atoms with Crippen molar-refractivity contribution in [1.82, 2.24) is 0 Å². The smallest absolute Gasteiger partial charge is 0.340 e. The van der Waals surface area contributed by atoms with Crippen molar-refractivity contribution in [2.24, 2.45) is 4.99 Å². The summed E-state index contributed by atoms with van der Waals surface area (Å²) >= 11 is 6.22. The number of esters is 1. The van der Waals surface area contributed by atoms with Crippen molar-refractivity contribution in [2.45, 2.75) is 18.9 Å². The first-order valence-electron chi connectivity index (χ1n) is 5.94. The first kappa shape index (κ1) is 11.5. The number of para-hydroxylation sites is 1. The monoisotopic (exact) mass is 264 g/mol. The van der Waals surface area contributed by atoms with E-state index >= 15 is 0 Å². The molecule has 1 fully saturated rings. The Hall–Kier alpha value is -1.55. The van der Waals surface area contributed by atoms with Gasteiger partial charge in [0.2, 0.25) is 0 Å². The molecule has 2 heterocycles. The largest absolute Gasteiger partial charge is 0.465 e. The second-order valence-electron chi connectivity index (χ2n) is 4.45. The number of rotatable bonds is 1. The molecule has 1 atom stereocenters. The Bertz CT molecular complexity index is 542. The van der Waals surface area contributed by atoms with Gasteiger partial charge in [-0.2, -0.15) is 0 Å². The van der Waals surface area contributed by atoms with Crippen molar-refractivity contribution in [2.75, 3.05) is 18.6 Å². The lowest BCUT2D eigenvalue weighted by Crippen LogP contribution is -2.36. The molecule has 3 rings (SSSR count). The third kappa shape index (κ3) is 1.60. The first-order valence-corrected chi connectivity index (χ1v) is 6.32. The molecule has 0 N–H and O–H groups in total. The Morgan fingerprint density at radius 1 is 1.56 bits per heavy atom. The number of anilines is 1. The summed E-state index contributed by atoms with van der Waals surface area (Å²) in [6.07, 6.45) is 2.11. The van der Waals surface area contributed by atoms with E-state index in [0.29, 0.717) is 16.4 Å². The van der Waals surface area contributed by atoms with Gasteiger partial charge in [0, 0.05) is 6.54 Å². The Morgan fingerprint density at radius 2 is 2.39 bits per heavy atom. The summed E-state index contributed by atoms with van der Waals surface area (Å²) < 4.78 is 4.78. The van der Waals surface area contributed by atoms with Gasteiger partial charge in [0.25, 0.3) is 0 Å². The lowest BCUT2D eigenvalue weighted by molar-refractivity contribution is 0.0601. The zero-order valence-electron chi connectivity index (χ0n) is 10.0. The van der Waals surface area contributed by atoms with Crippen LogP contribution >= 0.6 is 11.6 Å². The minimum absolute atomic E-state index is 0.173. The zero-order chi connectivity index (χ0) is 12.7. The summed E-state index contributed by atoms with van der Waals surface area (Å²) in [4.78, 5) is 18.3. The molecule has 0 bridgehead atoms. The molecule has 1 aromatic rings. The van der Waals surface area contributed by atoms with Crippen LogP contribution in [0.5, 0.6) is 0 Å². The Morgan fingerprint density at radius 3 is 3.17 bits per heavy atom. The van der Waals surface area contributed by atoms with Crippen LogP contribution in [-0.2, 0) is 4.74 Å². The Kier molecular flexibility index (Phi) is 2.74. The number of halogens is 1. The number of hydrogen-bond donors (Lipinski definition) is 0. The molecule has 1 saturated heterocycles. The van der Waals surface area contributed by atoms with E-state index in [2.05, 4.69) is 9.89 Å². The fourth-order valence-electron chi connectivity index (χ4n) is 2.64. The highest BCUT2D eigenvalue weighted by Crippen LogP contribution is 2.41. The summed E-state index contributed by atoms with van der Waals surface area (Å²) in [6.45, 7) is 0.952. The van der Waals surface area contributed by atoms with E-state index in [1.807, 2.05) is 12.1 Å². The maximum atomic E-state index is 11.7. The van der Waals surface area contributed by atoms with E-state index in [-0.39, 0.29) is 12.0 Å². The summed E-state index contributed by atoms with van der Waals surface area (Å²) in [6, 6.07) is 5.73. The van der Waals surface area contributed by atoms with Gasteiger partial charge in [0.1, 0.15) is 10.9 Å². The van der Waals surface area contributed by atoms with Crippen LogP contribution in [0.3, 0.4) is 0 Å². The van der Waals surface area contributed by atoms with Crippen molar-refractivity contribution in [3.05, 3.63) is 23.8 Å². The van der Waals surface area contributed by atoms with E-state index in [1.165, 1.54) is 7.11 Å². The second-order valence-corrected chi connectivity index (χ2v) is 4.84. The second kappa shape index (κ2) is 4.28. The normalized spacial score (nSPS) is 21.1. The van der Waals surface area contributed by atoms with Crippen LogP contribution in [0.15, 0.2) is 23.2 Å². The van der Waals surface area contributed by atoms with Crippen molar-refractivity contribution < 1.29 is 9.53 Å². The molecular weight excluding hydrogens is 252 g/mol. The maximum absolute atomic E-state index is 11.7. The average Bonchev–Trinajstić information content (AvgIpc) is 2.87. The van der Waals surface area contributed by atoms with Crippen LogP contribution in [0.1, 0.15) is 23.2 Å². The topological polar surface area (TPSA) is 41.9 Å². The fourth-order valence-corrected chi connectivity index (χ4v) is 2.95. The van der Waals surface area contributed by atoms with E-state index < -0.39 is 0 Å². The average molecular weight is 265 g/mol. The highest BCUT2D eigenvalue weighted by molar-refractivity contribution is 6.67. The molecule has 0 saturated carbocycles. The fraction of sp³-hybridized carbons (Fsp3) is 0.385. The predicted molar refractivity (Wildman–Crippen MR) is 71.1 cm³/mol. The van der Waals surface area contributed by atoms with Crippen LogP contribution < -0.4 is 4.90 Å². The molecule has 1 unspecified atom stereocenters. The number of carbonyl (C=O) groups is 1. The lowest BCUT2D eigenvalue weighted by atomic mass is 10.1. The zero-order valence-corrected chi connectivity index (χ0v) is 10.8. The number of nitrogens with zero attached hydrogens (tertiary/aromatic N) is 2. The van der Waals surface area contributed by atoms with Gasteiger partial charge in [-0.3, -0.25) is 0 Å². The molecule has 4 nitrogen and oxygen atoms in total. The van der Waals surface area contributed by atoms with Crippen molar-refractivity contribution >= 4 is 34.1 Å². The number of fused-ring (bicyclic) bond motifs is 3. The van der Waals surface area contributed by atoms with Crippen LogP contribution in [0.2, 0.25) is 0 Å². The van der Waals surface area contributed by atoms with Crippen LogP contribution in [0, 0.1) is 0 Å². The highest BCUT2D eigenvalue weighted by Gasteiger charge is 2.34. The lowest BCUT2D eigenvalue weighted by Gasteiger charge is -2.31. The van der Waals surface area contributed by atoms with Gasteiger partial charge in [-0.05, 0) is 25.0 Å². The van der Waals surface area contributed by atoms with Gasteiger partial charge >= 0.3 is 5.97 Å². The molecular formula is C13H13ClN2O2. The van der Waals surface area contributed by atoms with E-state index in [0.717, 1.165) is 25.1 Å². The van der Waals surface area contributed by atoms with Crippen LogP contribution in [0.4, 0.5) is 11.4 Å². The Balaban J connectivity index is 2.16. The standard InChI is InChI=1S/C13H13ClN2O2/c1-18-13(17)8-4-2-5-9-11(8)15-12(14)10-6-3-7-16(9)10/h2,4-5,10H,3,6-7H2,1H3. The molecule has 0 aromatic heterocycles. The molecule has 2 aliphatic heterocycles. The van der Waals surface area contributed by atoms with Crippen molar-refractivity contribution in [1.29, 1.82) is 0 Å². The molecule has 0 spiro atoms. The summed E-state index contributed by atoms with van der Waals surface area (Å²) in [5.74, 6) is -0.377. The SMILES string of the molecule is COC(=O)c1cccc2c1N=C(Cl)C1CCCN21. The number of aliphatic imine (C=N–C) groups is 1. The van der Waals surface area contributed by atoms with Gasteiger partial charge in [0.05, 0.1) is 24.4 Å². The number of ether oxygens (including phenoxy) is 1. The van der Waals surface area contributed by atoms with E-state index in [9.17, 15) is 4.79 Å². The number of methoxy groups -OCH3 is 1. The molecule has 94 valence electrons. The highest BCUT2D eigenvalue weighted by atomic mass is 35.5. The van der Waals surface area contributed by atoms with E-state index in [1.54, 1.807) is 6.07 Å². The summed E-state index contributed by atoms with van der Waals surface area (Å²) in [5.41, 5.74) is 2.08. The van der Waals surface area contributed by atoms with Gasteiger partial charge in [-0.1, -0.05) is 17.7 Å². The van der Waals surface area contributed by atoms with Crippen LogP contribution in [0.25, 0.3) is 0 Å². The molecule has 0 amide bonds. The summed E-state index contributed by atoms with van der Waals surface area (Å²) in [7, 11) is 1.37. The molecule has 0 aliphatic carbocycles. The minimum atomic E-state index is -0.377.